The number of rotatable bonds is 3. The fourth-order valence-electron chi connectivity index (χ4n) is 2.09. The van der Waals surface area contributed by atoms with Gasteiger partial charge in [0.25, 0.3) is 5.88 Å². The molecule has 3 aromatic rings. The van der Waals surface area contributed by atoms with Gasteiger partial charge in [0.1, 0.15) is 10.9 Å². The molecule has 2 N–H and O–H groups in total. The molecule has 8 nitrogen and oxygen atoms in total. The molecule has 10 heteroatoms. The molecule has 116 valence electrons. The highest BCUT2D eigenvalue weighted by atomic mass is 79.9. The number of hydrazine groups is 2. The number of hydrogen-bond donors (Lipinski definition) is 2. The van der Waals surface area contributed by atoms with Gasteiger partial charge in [0.05, 0.1) is 11.9 Å². The molecule has 2 aromatic heterocycles. The lowest BCUT2D eigenvalue weighted by atomic mass is 10.3. The van der Waals surface area contributed by atoms with Gasteiger partial charge >= 0.3 is 0 Å². The first-order valence-corrected chi connectivity index (χ1v) is 7.30. The second kappa shape index (κ2) is 5.48. The zero-order valence-electron chi connectivity index (χ0n) is 11.4. The smallest absolute Gasteiger partial charge is 0.263 e. The molecular formula is C13H9BrFN7O. The van der Waals surface area contributed by atoms with E-state index in [0.29, 0.717) is 11.3 Å². The van der Waals surface area contributed by atoms with Gasteiger partial charge in [-0.15, -0.1) is 5.53 Å². The average molecular weight is 378 g/mol. The van der Waals surface area contributed by atoms with Crippen LogP contribution in [0.25, 0.3) is 5.65 Å². The molecule has 23 heavy (non-hydrogen) atoms. The van der Waals surface area contributed by atoms with Crippen LogP contribution in [0.15, 0.2) is 46.5 Å². The van der Waals surface area contributed by atoms with E-state index in [1.54, 1.807) is 29.1 Å². The van der Waals surface area contributed by atoms with Gasteiger partial charge in [0.15, 0.2) is 11.6 Å². The van der Waals surface area contributed by atoms with Crippen molar-refractivity contribution in [2.45, 2.75) is 0 Å². The number of ether oxygens (including phenoxy) is 1. The van der Waals surface area contributed by atoms with Gasteiger partial charge in [-0.05, 0) is 28.1 Å². The van der Waals surface area contributed by atoms with Gasteiger partial charge in [-0.2, -0.15) is 5.10 Å². The summed E-state index contributed by atoms with van der Waals surface area (Å²) < 4.78 is 22.4. The minimum Gasteiger partial charge on any atom is -0.433 e. The minimum atomic E-state index is -0.529. The van der Waals surface area contributed by atoms with E-state index in [-0.39, 0.29) is 11.6 Å². The summed E-state index contributed by atoms with van der Waals surface area (Å²) in [4.78, 5) is 8.30. The van der Waals surface area contributed by atoms with Gasteiger partial charge in [0, 0.05) is 18.5 Å². The normalized spacial score (nSPS) is 13.6. The lowest BCUT2D eigenvalue weighted by Gasteiger charge is -2.14. The standard InChI is InChI=1S/C13H9BrFN7O/c14-11-6-17-12-13(16-3-4-21(11)12)23-10-2-1-8(5-9(10)15)22-7-18-19-20-22/h1-7,19-20H. The number of benzene rings is 1. The van der Waals surface area contributed by atoms with E-state index >= 15 is 0 Å². The topological polar surface area (TPSA) is 79.1 Å². The molecule has 3 heterocycles. The van der Waals surface area contributed by atoms with E-state index in [1.165, 1.54) is 23.5 Å². The molecule has 1 aromatic carbocycles. The van der Waals surface area contributed by atoms with Gasteiger partial charge in [-0.25, -0.2) is 24.9 Å². The molecule has 0 saturated carbocycles. The first kappa shape index (κ1) is 13.9. The highest BCUT2D eigenvalue weighted by Gasteiger charge is 2.15. The highest BCUT2D eigenvalue weighted by molar-refractivity contribution is 9.10. The molecule has 1 aliphatic heterocycles. The number of halogens is 2. The van der Waals surface area contributed by atoms with E-state index in [2.05, 4.69) is 42.1 Å². The largest absolute Gasteiger partial charge is 0.433 e. The Bertz CT molecular complexity index is 912. The summed E-state index contributed by atoms with van der Waals surface area (Å²) in [6.45, 7) is 0. The Hall–Kier alpha value is -2.72. The quantitative estimate of drug-likeness (QED) is 0.728. The lowest BCUT2D eigenvalue weighted by Crippen LogP contribution is -2.37. The van der Waals surface area contributed by atoms with Crippen LogP contribution in [0.1, 0.15) is 0 Å². The van der Waals surface area contributed by atoms with Crippen LogP contribution in [0.3, 0.4) is 0 Å². The summed E-state index contributed by atoms with van der Waals surface area (Å²) in [5.74, 6) is -0.260. The van der Waals surface area contributed by atoms with Crippen LogP contribution in [0.2, 0.25) is 0 Å². The third-order valence-corrected chi connectivity index (χ3v) is 3.75. The number of anilines is 1. The Morgan fingerprint density at radius 1 is 1.26 bits per heavy atom. The van der Waals surface area contributed by atoms with Crippen molar-refractivity contribution in [1.82, 2.24) is 25.4 Å². The summed E-state index contributed by atoms with van der Waals surface area (Å²) >= 11 is 3.36. The van der Waals surface area contributed by atoms with Crippen LogP contribution in [0.5, 0.6) is 11.6 Å². The summed E-state index contributed by atoms with van der Waals surface area (Å²) in [5, 5.41) is 5.28. The van der Waals surface area contributed by atoms with E-state index in [1.807, 2.05) is 0 Å². The Morgan fingerprint density at radius 3 is 2.96 bits per heavy atom. The Balaban J connectivity index is 1.66. The molecule has 0 amide bonds. The van der Waals surface area contributed by atoms with Gasteiger partial charge in [0.2, 0.25) is 5.65 Å². The van der Waals surface area contributed by atoms with Crippen LogP contribution >= 0.6 is 15.9 Å². The Labute approximate surface area is 137 Å². The summed E-state index contributed by atoms with van der Waals surface area (Å²) in [5.41, 5.74) is 6.31. The maximum absolute atomic E-state index is 14.3. The molecular weight excluding hydrogens is 369 g/mol. The second-order valence-electron chi connectivity index (χ2n) is 4.56. The van der Waals surface area contributed by atoms with Crippen molar-refractivity contribution in [1.29, 1.82) is 0 Å². The summed E-state index contributed by atoms with van der Waals surface area (Å²) in [7, 11) is 0. The van der Waals surface area contributed by atoms with Crippen molar-refractivity contribution in [3.63, 3.8) is 0 Å². The molecule has 0 spiro atoms. The maximum atomic E-state index is 14.3. The van der Waals surface area contributed by atoms with Crippen LogP contribution in [-0.2, 0) is 0 Å². The molecule has 0 radical (unpaired) electrons. The van der Waals surface area contributed by atoms with Gasteiger partial charge in [-0.1, -0.05) is 0 Å². The predicted molar refractivity (Wildman–Crippen MR) is 84.4 cm³/mol. The number of aromatic nitrogens is 3. The van der Waals surface area contributed by atoms with Crippen LogP contribution in [0.4, 0.5) is 10.1 Å². The summed E-state index contributed by atoms with van der Waals surface area (Å²) in [6.07, 6.45) is 6.38. The van der Waals surface area contributed by atoms with Crippen LogP contribution in [0, 0.1) is 5.82 Å². The van der Waals surface area contributed by atoms with E-state index in [4.69, 9.17) is 4.74 Å². The zero-order valence-corrected chi connectivity index (χ0v) is 13.0. The van der Waals surface area contributed by atoms with Crippen molar-refractivity contribution in [3.05, 3.63) is 47.2 Å². The number of hydrazone groups is 1. The number of hydrogen-bond acceptors (Lipinski definition) is 7. The number of nitrogens with one attached hydrogen (secondary N) is 2. The van der Waals surface area contributed by atoms with E-state index in [9.17, 15) is 4.39 Å². The monoisotopic (exact) mass is 377 g/mol. The van der Waals surface area contributed by atoms with Crippen LogP contribution in [-0.4, -0.2) is 20.7 Å². The molecule has 0 bridgehead atoms. The Morgan fingerprint density at radius 2 is 2.17 bits per heavy atom. The minimum absolute atomic E-state index is 0.0533. The molecule has 0 atom stereocenters. The summed E-state index contributed by atoms with van der Waals surface area (Å²) in [6, 6.07) is 4.52. The zero-order chi connectivity index (χ0) is 15.8. The Kier molecular flexibility index (Phi) is 3.32. The number of imidazole rings is 1. The number of nitrogens with zero attached hydrogens (tertiary/aromatic N) is 5. The molecule has 4 rings (SSSR count). The molecule has 0 unspecified atom stereocenters. The molecule has 0 aliphatic carbocycles. The van der Waals surface area contributed by atoms with Gasteiger partial charge in [-0.3, -0.25) is 4.40 Å². The van der Waals surface area contributed by atoms with Crippen molar-refractivity contribution < 1.29 is 9.13 Å². The molecule has 1 aliphatic rings. The molecule has 0 fully saturated rings. The van der Waals surface area contributed by atoms with Gasteiger partial charge < -0.3 is 4.74 Å². The van der Waals surface area contributed by atoms with E-state index < -0.39 is 5.82 Å². The van der Waals surface area contributed by atoms with Crippen molar-refractivity contribution in [2.24, 2.45) is 5.10 Å². The lowest BCUT2D eigenvalue weighted by molar-refractivity contribution is 0.429. The van der Waals surface area contributed by atoms with Crippen molar-refractivity contribution in [3.8, 4) is 11.6 Å². The highest BCUT2D eigenvalue weighted by Crippen LogP contribution is 2.29. The second-order valence-corrected chi connectivity index (χ2v) is 5.37. The molecule has 0 saturated heterocycles. The van der Waals surface area contributed by atoms with Crippen molar-refractivity contribution >= 4 is 33.6 Å². The first-order chi connectivity index (χ1) is 11.2. The third kappa shape index (κ3) is 2.47. The third-order valence-electron chi connectivity index (χ3n) is 3.16. The number of fused-ring (bicyclic) bond motifs is 1. The predicted octanol–water partition coefficient (Wildman–Crippen LogP) is 2.20. The van der Waals surface area contributed by atoms with Crippen LogP contribution < -0.4 is 20.8 Å². The first-order valence-electron chi connectivity index (χ1n) is 6.50. The SMILES string of the molecule is Fc1cc(N2C=NNN2)ccc1Oc1nccn2c(Br)cnc12. The fraction of sp³-hybridized carbons (Fsp3) is 0. The average Bonchev–Trinajstić information content (AvgIpc) is 3.20. The maximum Gasteiger partial charge on any atom is 0.263 e. The van der Waals surface area contributed by atoms with E-state index in [0.717, 1.165) is 4.60 Å². The fourth-order valence-corrected chi connectivity index (χ4v) is 2.48. The van der Waals surface area contributed by atoms with Crippen molar-refractivity contribution in [2.75, 3.05) is 5.01 Å².